The van der Waals surface area contributed by atoms with Gasteiger partial charge in [0.1, 0.15) is 0 Å². The van der Waals surface area contributed by atoms with Gasteiger partial charge >= 0.3 is 5.97 Å². The number of amides is 1. The average Bonchev–Trinajstić information content (AvgIpc) is 2.14. The maximum Gasteiger partial charge on any atom is 0.303 e. The quantitative estimate of drug-likeness (QED) is 0.689. The van der Waals surface area contributed by atoms with Gasteiger partial charge in [-0.05, 0) is 11.8 Å². The van der Waals surface area contributed by atoms with Crippen molar-refractivity contribution in [3.8, 4) is 12.3 Å². The molecule has 0 aromatic carbocycles. The Morgan fingerprint density at radius 2 is 1.94 bits per heavy atom. The average molecular weight is 239 g/mol. The molecule has 0 saturated carbocycles. The van der Waals surface area contributed by atoms with Crippen molar-refractivity contribution in [1.29, 1.82) is 0 Å². The van der Waals surface area contributed by atoms with Crippen LogP contribution in [0.15, 0.2) is 0 Å². The molecule has 4 heteroatoms. The molecule has 0 unspecified atom stereocenters. The van der Waals surface area contributed by atoms with Crippen LogP contribution >= 0.6 is 0 Å². The van der Waals surface area contributed by atoms with Crippen molar-refractivity contribution in [2.45, 2.75) is 40.0 Å². The summed E-state index contributed by atoms with van der Waals surface area (Å²) in [5.41, 5.74) is -0.538. The van der Waals surface area contributed by atoms with E-state index < -0.39 is 11.4 Å². The monoisotopic (exact) mass is 239 g/mol. The van der Waals surface area contributed by atoms with Crippen LogP contribution in [0, 0.1) is 17.8 Å². The first-order chi connectivity index (χ1) is 7.82. The van der Waals surface area contributed by atoms with Crippen molar-refractivity contribution in [2.75, 3.05) is 13.1 Å². The van der Waals surface area contributed by atoms with Crippen molar-refractivity contribution in [3.63, 3.8) is 0 Å². The summed E-state index contributed by atoms with van der Waals surface area (Å²) in [6, 6.07) is 0. The highest BCUT2D eigenvalue weighted by molar-refractivity contribution is 5.78. The number of terminal acetylenes is 1. The SMILES string of the molecule is C#CCN(CCC)C(=O)CC(C)(C)CC(=O)O. The third-order valence-corrected chi connectivity index (χ3v) is 2.39. The second-order valence-corrected chi connectivity index (χ2v) is 4.93. The highest BCUT2D eigenvalue weighted by atomic mass is 16.4. The first-order valence-corrected chi connectivity index (χ1v) is 5.75. The van der Waals surface area contributed by atoms with Crippen LogP contribution in [0.1, 0.15) is 40.0 Å². The van der Waals surface area contributed by atoms with Gasteiger partial charge in [0.2, 0.25) is 5.91 Å². The summed E-state index contributed by atoms with van der Waals surface area (Å²) in [5.74, 6) is 1.49. The number of carbonyl (C=O) groups excluding carboxylic acids is 1. The molecule has 0 aromatic rings. The highest BCUT2D eigenvalue weighted by Gasteiger charge is 2.27. The molecule has 17 heavy (non-hydrogen) atoms. The van der Waals surface area contributed by atoms with Crippen molar-refractivity contribution in [1.82, 2.24) is 4.90 Å². The van der Waals surface area contributed by atoms with Gasteiger partial charge in [0.05, 0.1) is 13.0 Å². The van der Waals surface area contributed by atoms with Crippen molar-refractivity contribution >= 4 is 11.9 Å². The minimum absolute atomic E-state index is 0.0191. The Morgan fingerprint density at radius 1 is 1.35 bits per heavy atom. The van der Waals surface area contributed by atoms with Gasteiger partial charge in [-0.15, -0.1) is 6.42 Å². The maximum absolute atomic E-state index is 12.0. The van der Waals surface area contributed by atoms with Crippen LogP contribution in [0.5, 0.6) is 0 Å². The third-order valence-electron chi connectivity index (χ3n) is 2.39. The fourth-order valence-electron chi connectivity index (χ4n) is 1.67. The van der Waals surface area contributed by atoms with Crippen molar-refractivity contribution < 1.29 is 14.7 Å². The van der Waals surface area contributed by atoms with Gasteiger partial charge in [-0.3, -0.25) is 9.59 Å². The number of hydrogen-bond donors (Lipinski definition) is 1. The Bertz CT molecular complexity index is 315. The van der Waals surface area contributed by atoms with Crippen LogP contribution in [0.2, 0.25) is 0 Å². The summed E-state index contributed by atoms with van der Waals surface area (Å²) in [7, 11) is 0. The topological polar surface area (TPSA) is 57.6 Å². The molecule has 0 fully saturated rings. The molecule has 0 bridgehead atoms. The normalized spacial score (nSPS) is 10.7. The molecule has 0 aliphatic rings. The summed E-state index contributed by atoms with van der Waals surface area (Å²) in [5, 5.41) is 8.75. The fourth-order valence-corrected chi connectivity index (χ4v) is 1.67. The zero-order chi connectivity index (χ0) is 13.5. The van der Waals surface area contributed by atoms with Gasteiger partial charge in [-0.25, -0.2) is 0 Å². The number of hydrogen-bond acceptors (Lipinski definition) is 2. The van der Waals surface area contributed by atoms with Gasteiger partial charge in [-0.2, -0.15) is 0 Å². The van der Waals surface area contributed by atoms with Crippen LogP contribution in [-0.4, -0.2) is 35.0 Å². The number of nitrogens with zero attached hydrogens (tertiary/aromatic N) is 1. The predicted octanol–water partition coefficient (Wildman–Crippen LogP) is 1.75. The lowest BCUT2D eigenvalue weighted by atomic mass is 9.85. The van der Waals surface area contributed by atoms with Gasteiger partial charge in [0.15, 0.2) is 0 Å². The number of rotatable bonds is 7. The summed E-state index contributed by atoms with van der Waals surface area (Å²) in [6.07, 6.45) is 6.23. The molecule has 0 spiro atoms. The van der Waals surface area contributed by atoms with Crippen LogP contribution in [0.3, 0.4) is 0 Å². The fraction of sp³-hybridized carbons (Fsp3) is 0.692. The van der Waals surface area contributed by atoms with E-state index in [-0.39, 0.29) is 25.3 Å². The third kappa shape index (κ3) is 6.62. The Labute approximate surface area is 103 Å². The number of aliphatic carboxylic acids is 1. The molecule has 0 rings (SSSR count). The lowest BCUT2D eigenvalue weighted by Crippen LogP contribution is -2.35. The maximum atomic E-state index is 12.0. The molecule has 0 aromatic heterocycles. The molecule has 1 amide bonds. The molecule has 0 aliphatic heterocycles. The molecule has 4 nitrogen and oxygen atoms in total. The molecule has 0 heterocycles. The van der Waals surface area contributed by atoms with Gasteiger partial charge in [-0.1, -0.05) is 26.7 Å². The molecular formula is C13H21NO3. The van der Waals surface area contributed by atoms with E-state index in [0.717, 1.165) is 6.42 Å². The zero-order valence-corrected chi connectivity index (χ0v) is 10.8. The van der Waals surface area contributed by atoms with E-state index in [0.29, 0.717) is 6.54 Å². The standard InChI is InChI=1S/C13H21NO3/c1-5-7-14(8-6-2)11(15)9-13(3,4)10-12(16)17/h1H,6-10H2,2-4H3,(H,16,17). The second kappa shape index (κ2) is 6.95. The minimum atomic E-state index is -0.887. The van der Waals surface area contributed by atoms with Gasteiger partial charge in [0.25, 0.3) is 0 Å². The molecule has 96 valence electrons. The summed E-state index contributed by atoms with van der Waals surface area (Å²) in [4.78, 5) is 24.2. The van der Waals surface area contributed by atoms with E-state index >= 15 is 0 Å². The van der Waals surface area contributed by atoms with Crippen molar-refractivity contribution in [3.05, 3.63) is 0 Å². The lowest BCUT2D eigenvalue weighted by Gasteiger charge is -2.26. The van der Waals surface area contributed by atoms with Crippen molar-refractivity contribution in [2.24, 2.45) is 5.41 Å². The van der Waals surface area contributed by atoms with E-state index in [1.807, 2.05) is 6.92 Å². The first-order valence-electron chi connectivity index (χ1n) is 5.75. The largest absolute Gasteiger partial charge is 0.481 e. The lowest BCUT2D eigenvalue weighted by molar-refractivity contribution is -0.140. The van der Waals surface area contributed by atoms with E-state index in [2.05, 4.69) is 5.92 Å². The molecular weight excluding hydrogens is 218 g/mol. The van der Waals surface area contributed by atoms with E-state index in [1.165, 1.54) is 0 Å². The Balaban J connectivity index is 4.48. The van der Waals surface area contributed by atoms with Crippen LogP contribution in [-0.2, 0) is 9.59 Å². The van der Waals surface area contributed by atoms with Gasteiger partial charge < -0.3 is 10.0 Å². The number of carboxylic acid groups (broad SMARTS) is 1. The molecule has 0 aliphatic carbocycles. The molecule has 0 atom stereocenters. The second-order valence-electron chi connectivity index (χ2n) is 4.93. The highest BCUT2D eigenvalue weighted by Crippen LogP contribution is 2.25. The van der Waals surface area contributed by atoms with Crippen LogP contribution < -0.4 is 0 Å². The summed E-state index contributed by atoms with van der Waals surface area (Å²) < 4.78 is 0. The Hall–Kier alpha value is -1.50. The van der Waals surface area contributed by atoms with Crippen LogP contribution in [0.4, 0.5) is 0 Å². The van der Waals surface area contributed by atoms with E-state index in [1.54, 1.807) is 18.7 Å². The minimum Gasteiger partial charge on any atom is -0.481 e. The van der Waals surface area contributed by atoms with E-state index in [4.69, 9.17) is 11.5 Å². The van der Waals surface area contributed by atoms with Crippen LogP contribution in [0.25, 0.3) is 0 Å². The molecule has 0 saturated heterocycles. The predicted molar refractivity (Wildman–Crippen MR) is 66.4 cm³/mol. The van der Waals surface area contributed by atoms with Gasteiger partial charge in [0, 0.05) is 13.0 Å². The molecule has 1 N–H and O–H groups in total. The Morgan fingerprint density at radius 3 is 2.35 bits per heavy atom. The first kappa shape index (κ1) is 15.5. The smallest absolute Gasteiger partial charge is 0.303 e. The van der Waals surface area contributed by atoms with E-state index in [9.17, 15) is 9.59 Å². The number of carbonyl (C=O) groups is 2. The molecule has 0 radical (unpaired) electrons. The summed E-state index contributed by atoms with van der Waals surface area (Å²) >= 11 is 0. The summed E-state index contributed by atoms with van der Waals surface area (Å²) in [6.45, 7) is 6.43. The zero-order valence-electron chi connectivity index (χ0n) is 10.8. The number of carboxylic acids is 1. The Kier molecular flexibility index (Phi) is 6.34.